The number of aryl methyl sites for hydroxylation is 1. The van der Waals surface area contributed by atoms with Crippen LogP contribution in [0.3, 0.4) is 0 Å². The lowest BCUT2D eigenvalue weighted by Gasteiger charge is -2.44. The van der Waals surface area contributed by atoms with Crippen LogP contribution in [0.15, 0.2) is 48.5 Å². The van der Waals surface area contributed by atoms with Crippen LogP contribution in [-0.4, -0.2) is 48.8 Å². The molecule has 30 heavy (non-hydrogen) atoms. The van der Waals surface area contributed by atoms with Gasteiger partial charge in [0.1, 0.15) is 5.82 Å². The van der Waals surface area contributed by atoms with Gasteiger partial charge in [0.25, 0.3) is 0 Å². The van der Waals surface area contributed by atoms with E-state index in [1.54, 1.807) is 12.1 Å². The maximum Gasteiger partial charge on any atom is 0.238 e. The first-order valence-electron chi connectivity index (χ1n) is 10.6. The summed E-state index contributed by atoms with van der Waals surface area (Å²) in [6, 6.07) is 14.8. The second-order valence-electron chi connectivity index (χ2n) is 8.32. The highest BCUT2D eigenvalue weighted by molar-refractivity contribution is 5.92. The van der Waals surface area contributed by atoms with Gasteiger partial charge in [-0.3, -0.25) is 9.69 Å². The number of carbonyl (C=O) groups is 1. The number of benzene rings is 2. The molecule has 5 nitrogen and oxygen atoms in total. The quantitative estimate of drug-likeness (QED) is 0.782. The van der Waals surface area contributed by atoms with Crippen LogP contribution in [0.25, 0.3) is 0 Å². The van der Waals surface area contributed by atoms with Crippen LogP contribution in [0.4, 0.5) is 10.1 Å². The van der Waals surface area contributed by atoms with Gasteiger partial charge in [0.15, 0.2) is 0 Å². The van der Waals surface area contributed by atoms with Gasteiger partial charge in [-0.05, 0) is 49.4 Å². The highest BCUT2D eigenvalue weighted by Gasteiger charge is 2.47. The van der Waals surface area contributed by atoms with Crippen LogP contribution in [0.2, 0.25) is 0 Å². The molecule has 2 fully saturated rings. The molecule has 2 heterocycles. The van der Waals surface area contributed by atoms with Gasteiger partial charge in [0, 0.05) is 19.7 Å². The van der Waals surface area contributed by atoms with Gasteiger partial charge < -0.3 is 14.8 Å². The summed E-state index contributed by atoms with van der Waals surface area (Å²) in [6.07, 6.45) is 2.76. The predicted octanol–water partition coefficient (Wildman–Crippen LogP) is 3.91. The molecule has 0 radical (unpaired) electrons. The first-order chi connectivity index (χ1) is 14.5. The maximum absolute atomic E-state index is 14.0. The largest absolute Gasteiger partial charge is 0.372 e. The molecule has 2 aromatic rings. The Morgan fingerprint density at radius 1 is 1.27 bits per heavy atom. The molecule has 1 spiro atoms. The zero-order valence-corrected chi connectivity index (χ0v) is 17.4. The van der Waals surface area contributed by atoms with Crippen LogP contribution in [-0.2, 0) is 20.9 Å². The van der Waals surface area contributed by atoms with E-state index in [4.69, 9.17) is 9.47 Å². The minimum atomic E-state index is -0.421. The third-order valence-electron chi connectivity index (χ3n) is 6.05. The SMILES string of the molecule is Cc1ccc(F)c(NC(=O)CN2CCC3(CCCO3)C(OCc3ccccc3)C2)c1. The van der Waals surface area contributed by atoms with Crippen molar-refractivity contribution in [2.75, 3.05) is 31.6 Å². The van der Waals surface area contributed by atoms with Crippen molar-refractivity contribution in [2.24, 2.45) is 0 Å². The highest BCUT2D eigenvalue weighted by atomic mass is 19.1. The van der Waals surface area contributed by atoms with E-state index in [0.717, 1.165) is 43.5 Å². The average molecular weight is 413 g/mol. The number of ether oxygens (including phenoxy) is 2. The third-order valence-corrected chi connectivity index (χ3v) is 6.05. The van der Waals surface area contributed by atoms with Gasteiger partial charge in [-0.2, -0.15) is 0 Å². The lowest BCUT2D eigenvalue weighted by atomic mass is 9.85. The summed E-state index contributed by atoms with van der Waals surface area (Å²) in [5, 5.41) is 2.70. The smallest absolute Gasteiger partial charge is 0.238 e. The van der Waals surface area contributed by atoms with Crippen LogP contribution in [0, 0.1) is 12.7 Å². The zero-order valence-electron chi connectivity index (χ0n) is 17.4. The molecule has 2 aliphatic heterocycles. The molecule has 1 amide bonds. The number of hydrogen-bond acceptors (Lipinski definition) is 4. The lowest BCUT2D eigenvalue weighted by molar-refractivity contribution is -0.159. The van der Waals surface area contributed by atoms with Crippen molar-refractivity contribution in [1.29, 1.82) is 0 Å². The fourth-order valence-corrected chi connectivity index (χ4v) is 4.42. The maximum atomic E-state index is 14.0. The normalized spacial score (nSPS) is 24.3. The first-order valence-corrected chi connectivity index (χ1v) is 10.6. The summed E-state index contributed by atoms with van der Waals surface area (Å²) in [7, 11) is 0. The molecule has 160 valence electrons. The number of likely N-dealkylation sites (tertiary alicyclic amines) is 1. The number of piperidine rings is 1. The van der Waals surface area contributed by atoms with E-state index in [1.807, 2.05) is 37.3 Å². The molecule has 2 aromatic carbocycles. The van der Waals surface area contributed by atoms with Gasteiger partial charge in [-0.25, -0.2) is 4.39 Å². The molecule has 2 unspecified atom stereocenters. The zero-order chi connectivity index (χ0) is 21.0. The molecule has 0 saturated carbocycles. The Kier molecular flexibility index (Phi) is 6.46. The molecule has 1 N–H and O–H groups in total. The molecule has 4 rings (SSSR count). The fraction of sp³-hybridized carbons (Fsp3) is 0.458. The van der Waals surface area contributed by atoms with Crippen LogP contribution in [0.5, 0.6) is 0 Å². The topological polar surface area (TPSA) is 50.8 Å². The van der Waals surface area contributed by atoms with Gasteiger partial charge in [0.2, 0.25) is 5.91 Å². The predicted molar refractivity (Wildman–Crippen MR) is 114 cm³/mol. The minimum Gasteiger partial charge on any atom is -0.372 e. The first kappa shape index (κ1) is 21.0. The van der Waals surface area contributed by atoms with E-state index in [1.165, 1.54) is 6.07 Å². The van der Waals surface area contributed by atoms with Crippen molar-refractivity contribution in [3.63, 3.8) is 0 Å². The molecule has 0 aromatic heterocycles. The van der Waals surface area contributed by atoms with E-state index in [2.05, 4.69) is 10.2 Å². The third kappa shape index (κ3) is 4.89. The number of rotatable bonds is 6. The van der Waals surface area contributed by atoms with Crippen molar-refractivity contribution >= 4 is 11.6 Å². The number of nitrogens with one attached hydrogen (secondary N) is 1. The van der Waals surface area contributed by atoms with Gasteiger partial charge in [-0.15, -0.1) is 0 Å². The molecule has 2 atom stereocenters. The van der Waals surface area contributed by atoms with E-state index in [9.17, 15) is 9.18 Å². The van der Waals surface area contributed by atoms with Gasteiger partial charge in [0.05, 0.1) is 30.5 Å². The Morgan fingerprint density at radius 2 is 2.10 bits per heavy atom. The van der Waals surface area contributed by atoms with Crippen molar-refractivity contribution in [3.05, 3.63) is 65.5 Å². The van der Waals surface area contributed by atoms with Crippen LogP contribution in [0.1, 0.15) is 30.4 Å². The standard InChI is InChI=1S/C24H29FN2O3/c1-18-8-9-20(25)21(14-18)26-23(28)16-27-12-11-24(10-5-13-30-24)22(15-27)29-17-19-6-3-2-4-7-19/h2-4,6-9,14,22H,5,10-13,15-17H2,1H3,(H,26,28). The number of halogens is 1. The summed E-state index contributed by atoms with van der Waals surface area (Å²) in [5.74, 6) is -0.639. The highest BCUT2D eigenvalue weighted by Crippen LogP contribution is 2.38. The fourth-order valence-electron chi connectivity index (χ4n) is 4.42. The Labute approximate surface area is 177 Å². The number of anilines is 1. The second-order valence-corrected chi connectivity index (χ2v) is 8.32. The lowest BCUT2D eigenvalue weighted by Crippen LogP contribution is -2.57. The van der Waals surface area contributed by atoms with Gasteiger partial charge in [-0.1, -0.05) is 36.4 Å². The minimum absolute atomic E-state index is 0.0996. The summed E-state index contributed by atoms with van der Waals surface area (Å²) in [4.78, 5) is 14.6. The number of carbonyl (C=O) groups excluding carboxylic acids is 1. The van der Waals surface area contributed by atoms with Crippen molar-refractivity contribution in [2.45, 2.75) is 44.5 Å². The summed E-state index contributed by atoms with van der Waals surface area (Å²) < 4.78 is 26.4. The summed E-state index contributed by atoms with van der Waals surface area (Å²) in [6.45, 7) is 4.74. The molecular weight excluding hydrogens is 383 g/mol. The second kappa shape index (κ2) is 9.25. The summed E-state index contributed by atoms with van der Waals surface area (Å²) in [5.41, 5.74) is 1.99. The Bertz CT molecular complexity index is 868. The molecule has 0 bridgehead atoms. The monoisotopic (exact) mass is 412 g/mol. The molecular formula is C24H29FN2O3. The van der Waals surface area contributed by atoms with Crippen LogP contribution < -0.4 is 5.32 Å². The average Bonchev–Trinajstić information content (AvgIpc) is 3.21. The van der Waals surface area contributed by atoms with Gasteiger partial charge >= 0.3 is 0 Å². The van der Waals surface area contributed by atoms with Crippen molar-refractivity contribution < 1.29 is 18.7 Å². The number of nitrogens with zero attached hydrogens (tertiary/aromatic N) is 1. The molecule has 2 aliphatic rings. The Hall–Kier alpha value is -2.28. The van der Waals surface area contributed by atoms with Crippen molar-refractivity contribution in [3.8, 4) is 0 Å². The Balaban J connectivity index is 1.38. The summed E-state index contributed by atoms with van der Waals surface area (Å²) >= 11 is 0. The van der Waals surface area contributed by atoms with E-state index in [-0.39, 0.29) is 29.8 Å². The van der Waals surface area contributed by atoms with Crippen LogP contribution >= 0.6 is 0 Å². The van der Waals surface area contributed by atoms with Crippen molar-refractivity contribution in [1.82, 2.24) is 4.90 Å². The number of amides is 1. The van der Waals surface area contributed by atoms with E-state index < -0.39 is 5.82 Å². The number of hydrogen-bond donors (Lipinski definition) is 1. The molecule has 2 saturated heterocycles. The van der Waals surface area contributed by atoms with E-state index >= 15 is 0 Å². The Morgan fingerprint density at radius 3 is 2.87 bits per heavy atom. The molecule has 0 aliphatic carbocycles. The molecule has 6 heteroatoms. The van der Waals surface area contributed by atoms with E-state index in [0.29, 0.717) is 13.2 Å².